The Morgan fingerprint density at radius 1 is 1.26 bits per heavy atom. The average molecular weight is 645 g/mol. The minimum Gasteiger partial charge on any atom is -0.488 e. The molecule has 5 atom stereocenters. The third-order valence-corrected chi connectivity index (χ3v) is 8.54. The fourth-order valence-electron chi connectivity index (χ4n) is 6.14. The predicted octanol–water partition coefficient (Wildman–Crippen LogP) is 3.67. The number of hydrogen-bond acceptors (Lipinski definition) is 8. The van der Waals surface area contributed by atoms with Crippen molar-refractivity contribution in [3.8, 4) is 11.6 Å². The molecule has 3 N–H and O–H groups in total. The fraction of sp³-hybridized carbons (Fsp3) is 0.531. The fourth-order valence-corrected chi connectivity index (χ4v) is 6.14. The number of aliphatic carboxylic acids is 1. The summed E-state index contributed by atoms with van der Waals surface area (Å²) in [4.78, 5) is 57.7. The van der Waals surface area contributed by atoms with E-state index in [0.717, 1.165) is 0 Å². The number of alkyl halides is 1. The number of carbonyl (C=O) groups is 4. The summed E-state index contributed by atoms with van der Waals surface area (Å²) >= 11 is 0. The molecule has 1 aromatic carbocycles. The summed E-state index contributed by atoms with van der Waals surface area (Å²) < 4.78 is 43.9. The van der Waals surface area contributed by atoms with Crippen LogP contribution >= 0.6 is 0 Å². The highest BCUT2D eigenvalue weighted by Crippen LogP contribution is 2.45. The minimum absolute atomic E-state index is 0.0213. The normalized spacial score (nSPS) is 27.3. The van der Waals surface area contributed by atoms with Crippen LogP contribution in [0.15, 0.2) is 36.4 Å². The summed E-state index contributed by atoms with van der Waals surface area (Å²) in [7, 11) is 0. The Morgan fingerprint density at radius 2 is 2.09 bits per heavy atom. The number of hydrogen-bond donors (Lipinski definition) is 3. The lowest BCUT2D eigenvalue weighted by atomic mass is 10.0. The molecule has 5 rings (SSSR count). The number of aromatic nitrogens is 1. The van der Waals surface area contributed by atoms with Gasteiger partial charge in [-0.3, -0.25) is 9.59 Å². The molecule has 1 saturated carbocycles. The molecule has 0 unspecified atom stereocenters. The highest BCUT2D eigenvalue weighted by atomic mass is 19.1. The van der Waals surface area contributed by atoms with Gasteiger partial charge in [0.15, 0.2) is 0 Å². The number of pyridine rings is 1. The maximum Gasteiger partial charge on any atom is 0.407 e. The topological polar surface area (TPSA) is 156 Å². The largest absolute Gasteiger partial charge is 0.488 e. The molecular formula is C32H38F2N4O8. The molecule has 0 radical (unpaired) electrons. The smallest absolute Gasteiger partial charge is 0.407 e. The van der Waals surface area contributed by atoms with E-state index in [-0.39, 0.29) is 49.6 Å². The third kappa shape index (κ3) is 7.31. The zero-order valence-electron chi connectivity index (χ0n) is 25.5. The minimum atomic E-state index is -1.48. The van der Waals surface area contributed by atoms with Crippen molar-refractivity contribution >= 4 is 34.8 Å². The highest BCUT2D eigenvalue weighted by Gasteiger charge is 2.61. The van der Waals surface area contributed by atoms with Gasteiger partial charge in [-0.1, -0.05) is 24.6 Å². The molecule has 1 aromatic heterocycles. The zero-order chi connectivity index (χ0) is 32.8. The van der Waals surface area contributed by atoms with Gasteiger partial charge in [-0.25, -0.2) is 23.4 Å². The first-order chi connectivity index (χ1) is 22.1. The van der Waals surface area contributed by atoms with Gasteiger partial charge in [-0.2, -0.15) is 0 Å². The predicted molar refractivity (Wildman–Crippen MR) is 160 cm³/mol. The van der Waals surface area contributed by atoms with Gasteiger partial charge in [0, 0.05) is 36.3 Å². The van der Waals surface area contributed by atoms with E-state index in [4.69, 9.17) is 14.2 Å². The van der Waals surface area contributed by atoms with E-state index in [1.807, 2.05) is 6.08 Å². The van der Waals surface area contributed by atoms with Crippen molar-refractivity contribution in [1.29, 1.82) is 0 Å². The monoisotopic (exact) mass is 644 g/mol. The number of nitrogens with zero attached hydrogens (tertiary/aromatic N) is 2. The number of alkyl carbamates (subject to hydrolysis) is 1. The SMILES string of the molecule is CCOc1cc(O[C@@H]2C[C@H]3C(=O)N[C@]4(C(=O)O)C[C@@H]4/C=C\CCCC[C@H](NC(=O)OCCF)CC(=O)N3C2)c2cccc(F)c2n1. The second-order valence-electron chi connectivity index (χ2n) is 11.7. The van der Waals surface area contributed by atoms with E-state index in [1.165, 1.54) is 23.1 Å². The summed E-state index contributed by atoms with van der Waals surface area (Å²) in [6.45, 7) is 0.726. The first-order valence-electron chi connectivity index (χ1n) is 15.5. The van der Waals surface area contributed by atoms with Crippen LogP contribution in [0, 0.1) is 11.7 Å². The molecule has 12 nitrogen and oxygen atoms in total. The Bertz CT molecular complexity index is 1510. The van der Waals surface area contributed by atoms with Crippen LogP contribution in [0.4, 0.5) is 13.6 Å². The van der Waals surface area contributed by atoms with Crippen LogP contribution in [0.3, 0.4) is 0 Å². The Labute approximate surface area is 264 Å². The van der Waals surface area contributed by atoms with Crippen molar-refractivity contribution in [2.45, 2.75) is 75.6 Å². The Morgan fingerprint density at radius 3 is 2.85 bits per heavy atom. The summed E-state index contributed by atoms with van der Waals surface area (Å²) in [5.41, 5.74) is -1.44. The number of amides is 3. The highest BCUT2D eigenvalue weighted by molar-refractivity contribution is 5.95. The van der Waals surface area contributed by atoms with Crippen molar-refractivity contribution in [2.24, 2.45) is 5.92 Å². The lowest BCUT2D eigenvalue weighted by Crippen LogP contribution is -2.53. The van der Waals surface area contributed by atoms with Crippen molar-refractivity contribution in [2.75, 3.05) is 26.4 Å². The molecule has 3 aliphatic rings. The van der Waals surface area contributed by atoms with E-state index in [0.29, 0.717) is 31.1 Å². The molecular weight excluding hydrogens is 606 g/mol. The molecule has 248 valence electrons. The van der Waals surface area contributed by atoms with E-state index < -0.39 is 72.6 Å². The maximum absolute atomic E-state index is 14.7. The molecule has 1 aliphatic carbocycles. The van der Waals surface area contributed by atoms with E-state index in [2.05, 4.69) is 15.6 Å². The zero-order valence-corrected chi connectivity index (χ0v) is 25.5. The average Bonchev–Trinajstić information content (AvgIpc) is 3.55. The third-order valence-electron chi connectivity index (χ3n) is 8.54. The number of allylic oxidation sites excluding steroid dienone is 1. The Hall–Kier alpha value is -4.49. The quantitative estimate of drug-likeness (QED) is 0.365. The number of nitrogens with one attached hydrogen (secondary N) is 2. The first kappa shape index (κ1) is 32.9. The number of carboxylic acids is 1. The Balaban J connectivity index is 1.43. The van der Waals surface area contributed by atoms with Crippen LogP contribution in [-0.2, 0) is 19.1 Å². The number of rotatable bonds is 8. The van der Waals surface area contributed by atoms with Gasteiger partial charge in [-0.15, -0.1) is 0 Å². The number of carboxylic acid groups (broad SMARTS) is 1. The van der Waals surface area contributed by atoms with Gasteiger partial charge in [0.1, 0.15) is 48.0 Å². The van der Waals surface area contributed by atoms with E-state index >= 15 is 0 Å². The molecule has 3 heterocycles. The van der Waals surface area contributed by atoms with E-state index in [1.54, 1.807) is 19.1 Å². The number of ether oxygens (including phenoxy) is 3. The van der Waals surface area contributed by atoms with Crippen LogP contribution in [0.5, 0.6) is 11.6 Å². The standard InChI is InChI=1S/C32H38F2N4O8/c1-2-44-26-16-25(22-10-7-11-23(34)28(22)36-26)46-21-15-24-29(40)37-32(30(41)42)17-19(32)8-5-3-4-6-9-20(14-27(39)38(24)18-21)35-31(43)45-13-12-33/h5,7-8,10-11,16,19-21,24H,2-4,6,9,12-15,17-18H2,1H3,(H,35,43)(H,37,40)(H,41,42)/b8-5-/t19-,20-,21+,24-,32+/m0/s1. The second kappa shape index (κ2) is 14.3. The summed E-state index contributed by atoms with van der Waals surface area (Å²) in [5, 5.41) is 15.8. The first-order valence-corrected chi connectivity index (χ1v) is 15.5. The van der Waals surface area contributed by atoms with Crippen LogP contribution < -0.4 is 20.1 Å². The van der Waals surface area contributed by atoms with Gasteiger partial charge in [0.2, 0.25) is 17.7 Å². The van der Waals surface area contributed by atoms with Crippen molar-refractivity contribution in [3.05, 3.63) is 42.2 Å². The van der Waals surface area contributed by atoms with Crippen molar-refractivity contribution in [3.63, 3.8) is 0 Å². The lowest BCUT2D eigenvalue weighted by molar-refractivity contribution is -0.145. The van der Waals surface area contributed by atoms with Gasteiger partial charge in [-0.05, 0) is 44.7 Å². The van der Waals surface area contributed by atoms with Crippen LogP contribution in [0.25, 0.3) is 10.9 Å². The molecule has 14 heteroatoms. The van der Waals surface area contributed by atoms with Crippen LogP contribution in [0.1, 0.15) is 51.9 Å². The van der Waals surface area contributed by atoms with Crippen molar-refractivity contribution < 1.29 is 47.3 Å². The maximum atomic E-state index is 14.7. The molecule has 46 heavy (non-hydrogen) atoms. The van der Waals surface area contributed by atoms with Gasteiger partial charge in [0.25, 0.3) is 0 Å². The number of para-hydroxylation sites is 1. The molecule has 2 fully saturated rings. The van der Waals surface area contributed by atoms with Gasteiger partial charge < -0.3 is 34.9 Å². The van der Waals surface area contributed by atoms with Crippen molar-refractivity contribution in [1.82, 2.24) is 20.5 Å². The molecule has 3 amide bonds. The van der Waals surface area contributed by atoms with Gasteiger partial charge in [0.05, 0.1) is 13.2 Å². The lowest BCUT2D eigenvalue weighted by Gasteiger charge is -2.27. The molecule has 0 bridgehead atoms. The second-order valence-corrected chi connectivity index (χ2v) is 11.7. The number of carbonyl (C=O) groups excluding carboxylic acids is 3. The summed E-state index contributed by atoms with van der Waals surface area (Å²) in [5.74, 6) is -2.85. The van der Waals surface area contributed by atoms with Crippen LogP contribution in [-0.4, -0.2) is 89.0 Å². The number of benzene rings is 1. The molecule has 2 aromatic rings. The number of fused-ring (bicyclic) bond motifs is 3. The van der Waals surface area contributed by atoms with E-state index in [9.17, 15) is 33.1 Å². The number of halogens is 2. The molecule has 1 saturated heterocycles. The van der Waals surface area contributed by atoms with Crippen LogP contribution in [0.2, 0.25) is 0 Å². The van der Waals surface area contributed by atoms with Gasteiger partial charge >= 0.3 is 12.1 Å². The Kier molecular flexibility index (Phi) is 10.2. The molecule has 2 aliphatic heterocycles. The molecule has 0 spiro atoms. The summed E-state index contributed by atoms with van der Waals surface area (Å²) in [6.07, 6.45) is 4.59. The summed E-state index contributed by atoms with van der Waals surface area (Å²) in [6, 6.07) is 4.20.